The summed E-state index contributed by atoms with van der Waals surface area (Å²) in [5.41, 5.74) is 2.36. The molecule has 3 rings (SSSR count). The normalized spacial score (nSPS) is 33.9. The molecule has 1 fully saturated rings. The molecule has 1 aliphatic carbocycles. The fourth-order valence-electron chi connectivity index (χ4n) is 3.22. The Labute approximate surface area is 106 Å². The summed E-state index contributed by atoms with van der Waals surface area (Å²) in [5.74, 6) is 0.566. The molecule has 0 N–H and O–H groups in total. The minimum absolute atomic E-state index is 0.0358. The van der Waals surface area contributed by atoms with Crippen LogP contribution in [0.5, 0.6) is 0 Å². The van der Waals surface area contributed by atoms with Crippen LogP contribution in [0.4, 0.5) is 0 Å². The minimum Gasteiger partial charge on any atom is -0.469 e. The Hall–Kier alpha value is -1.77. The molecule has 1 aromatic heterocycles. The fraction of sp³-hybridized carbons (Fsp3) is 0.400. The molecule has 94 valence electrons. The summed E-state index contributed by atoms with van der Waals surface area (Å²) >= 11 is 0. The number of esters is 1. The monoisotopic (exact) mass is 244 g/mol. The highest BCUT2D eigenvalue weighted by molar-refractivity contribution is 5.91. The Bertz CT molecular complexity index is 566. The van der Waals surface area contributed by atoms with E-state index in [9.17, 15) is 4.79 Å². The Balaban J connectivity index is 2.21. The van der Waals surface area contributed by atoms with Crippen molar-refractivity contribution in [2.24, 2.45) is 11.3 Å². The average Bonchev–Trinajstić information content (AvgIpc) is 2.82. The van der Waals surface area contributed by atoms with Crippen LogP contribution in [0.1, 0.15) is 29.9 Å². The molecule has 3 heteroatoms. The first-order valence-corrected chi connectivity index (χ1v) is 6.08. The molecule has 0 radical (unpaired) electrons. The summed E-state index contributed by atoms with van der Waals surface area (Å²) in [6.45, 7) is 11.9. The molecule has 1 aliphatic heterocycles. The van der Waals surface area contributed by atoms with E-state index in [0.29, 0.717) is 5.57 Å². The molecule has 1 saturated heterocycles. The van der Waals surface area contributed by atoms with Gasteiger partial charge in [0.15, 0.2) is 0 Å². The van der Waals surface area contributed by atoms with Gasteiger partial charge in [0.1, 0.15) is 11.9 Å². The van der Waals surface area contributed by atoms with E-state index in [1.165, 1.54) is 0 Å². The van der Waals surface area contributed by atoms with E-state index in [-0.39, 0.29) is 23.4 Å². The lowest BCUT2D eigenvalue weighted by atomic mass is 9.64. The first-order valence-electron chi connectivity index (χ1n) is 6.08. The lowest BCUT2D eigenvalue weighted by molar-refractivity contribution is -0.140. The fourth-order valence-corrected chi connectivity index (χ4v) is 3.22. The van der Waals surface area contributed by atoms with Gasteiger partial charge in [0.25, 0.3) is 0 Å². The van der Waals surface area contributed by atoms with Crippen LogP contribution in [0.2, 0.25) is 0 Å². The van der Waals surface area contributed by atoms with Crippen LogP contribution in [0.3, 0.4) is 0 Å². The van der Waals surface area contributed by atoms with Crippen LogP contribution in [0.15, 0.2) is 35.5 Å². The molecule has 0 saturated carbocycles. The van der Waals surface area contributed by atoms with Crippen molar-refractivity contribution in [1.29, 1.82) is 0 Å². The topological polar surface area (TPSA) is 39.4 Å². The van der Waals surface area contributed by atoms with Crippen LogP contribution >= 0.6 is 0 Å². The Kier molecular flexibility index (Phi) is 2.12. The molecule has 2 heterocycles. The van der Waals surface area contributed by atoms with Crippen molar-refractivity contribution >= 4 is 5.97 Å². The Morgan fingerprint density at radius 1 is 1.56 bits per heavy atom. The molecule has 2 aliphatic rings. The van der Waals surface area contributed by atoms with Gasteiger partial charge < -0.3 is 9.15 Å². The molecule has 0 bridgehead atoms. The van der Waals surface area contributed by atoms with E-state index >= 15 is 0 Å². The molecular formula is C15H16O3. The second kappa shape index (κ2) is 3.37. The largest absolute Gasteiger partial charge is 0.469 e. The lowest BCUT2D eigenvalue weighted by Crippen LogP contribution is -2.35. The number of allylic oxidation sites excluding steroid dienone is 1. The van der Waals surface area contributed by atoms with Gasteiger partial charge in [-0.3, -0.25) is 0 Å². The highest BCUT2D eigenvalue weighted by Gasteiger charge is 2.54. The van der Waals surface area contributed by atoms with Crippen molar-refractivity contribution in [3.8, 4) is 0 Å². The molecule has 18 heavy (non-hydrogen) atoms. The zero-order chi connectivity index (χ0) is 13.1. The van der Waals surface area contributed by atoms with Crippen molar-refractivity contribution in [1.82, 2.24) is 0 Å². The van der Waals surface area contributed by atoms with Gasteiger partial charge in [-0.1, -0.05) is 19.6 Å². The molecule has 3 atom stereocenters. The van der Waals surface area contributed by atoms with Gasteiger partial charge >= 0.3 is 5.97 Å². The summed E-state index contributed by atoms with van der Waals surface area (Å²) in [7, 11) is 0. The summed E-state index contributed by atoms with van der Waals surface area (Å²) in [6.07, 6.45) is 4.08. The van der Waals surface area contributed by atoms with Crippen molar-refractivity contribution in [2.45, 2.75) is 26.4 Å². The van der Waals surface area contributed by atoms with E-state index in [1.54, 1.807) is 6.26 Å². The first-order chi connectivity index (χ1) is 8.48. The minimum atomic E-state index is -0.300. The highest BCUT2D eigenvalue weighted by Crippen LogP contribution is 2.55. The van der Waals surface area contributed by atoms with Crippen LogP contribution in [-0.4, -0.2) is 5.97 Å². The molecule has 3 nitrogen and oxygen atoms in total. The SMILES string of the molecule is C=C[C@@]1(C)Cc2occ(C)c2C2OC(=O)C(=C)[C@@H]21. The van der Waals surface area contributed by atoms with Crippen molar-refractivity contribution in [3.63, 3.8) is 0 Å². The molecule has 0 amide bonds. The number of carbonyl (C=O) groups is 1. The molecule has 0 spiro atoms. The van der Waals surface area contributed by atoms with E-state index in [1.807, 2.05) is 13.0 Å². The standard InChI is InChI=1S/C15H16O3/c1-5-15(4)6-10-11(8(2)7-17-10)13-12(15)9(3)14(16)18-13/h5,7,12-13H,1,3,6H2,2,4H3/t12-,13?,15-/m0/s1. The zero-order valence-electron chi connectivity index (χ0n) is 10.7. The van der Waals surface area contributed by atoms with Crippen molar-refractivity contribution in [2.75, 3.05) is 0 Å². The van der Waals surface area contributed by atoms with Crippen LogP contribution < -0.4 is 0 Å². The van der Waals surface area contributed by atoms with Crippen molar-refractivity contribution in [3.05, 3.63) is 48.0 Å². The van der Waals surface area contributed by atoms with E-state index in [4.69, 9.17) is 9.15 Å². The van der Waals surface area contributed by atoms with E-state index in [0.717, 1.165) is 23.3 Å². The number of carbonyl (C=O) groups excluding carboxylic acids is 1. The van der Waals surface area contributed by atoms with E-state index in [2.05, 4.69) is 20.1 Å². The van der Waals surface area contributed by atoms with Gasteiger partial charge in [-0.05, 0) is 12.5 Å². The predicted molar refractivity (Wildman–Crippen MR) is 66.9 cm³/mol. The van der Waals surface area contributed by atoms with Crippen LogP contribution in [-0.2, 0) is 16.0 Å². The zero-order valence-corrected chi connectivity index (χ0v) is 10.7. The summed E-state index contributed by atoms with van der Waals surface area (Å²) in [5, 5.41) is 0. The maximum absolute atomic E-state index is 11.8. The second-order valence-electron chi connectivity index (χ2n) is 5.47. The summed E-state index contributed by atoms with van der Waals surface area (Å²) in [4.78, 5) is 11.8. The number of aryl methyl sites for hydroxylation is 1. The van der Waals surface area contributed by atoms with E-state index < -0.39 is 0 Å². The molecule has 1 aromatic rings. The predicted octanol–water partition coefficient (Wildman–Crippen LogP) is 3.11. The van der Waals surface area contributed by atoms with Gasteiger partial charge in [-0.2, -0.15) is 0 Å². The molecule has 0 aromatic carbocycles. The first kappa shape index (κ1) is 11.3. The number of ether oxygens (including phenoxy) is 1. The van der Waals surface area contributed by atoms with Gasteiger partial charge in [-0.25, -0.2) is 4.79 Å². The van der Waals surface area contributed by atoms with Gasteiger partial charge in [0.2, 0.25) is 0 Å². The third-order valence-corrected chi connectivity index (χ3v) is 4.28. The maximum atomic E-state index is 11.8. The Morgan fingerprint density at radius 3 is 2.94 bits per heavy atom. The van der Waals surface area contributed by atoms with Gasteiger partial charge in [-0.15, -0.1) is 6.58 Å². The van der Waals surface area contributed by atoms with Gasteiger partial charge in [0.05, 0.1) is 6.26 Å². The van der Waals surface area contributed by atoms with Crippen molar-refractivity contribution < 1.29 is 13.9 Å². The number of hydrogen-bond acceptors (Lipinski definition) is 3. The third-order valence-electron chi connectivity index (χ3n) is 4.28. The number of fused-ring (bicyclic) bond motifs is 3. The number of furan rings is 1. The lowest BCUT2D eigenvalue weighted by Gasteiger charge is -2.38. The smallest absolute Gasteiger partial charge is 0.334 e. The maximum Gasteiger partial charge on any atom is 0.334 e. The third kappa shape index (κ3) is 1.22. The van der Waals surface area contributed by atoms with Crippen LogP contribution in [0, 0.1) is 18.3 Å². The summed E-state index contributed by atoms with van der Waals surface area (Å²) < 4.78 is 11.1. The molecular weight excluding hydrogens is 228 g/mol. The number of hydrogen-bond donors (Lipinski definition) is 0. The second-order valence-corrected chi connectivity index (χ2v) is 5.47. The Morgan fingerprint density at radius 2 is 2.28 bits per heavy atom. The molecule has 1 unspecified atom stereocenters. The van der Waals surface area contributed by atoms with Crippen LogP contribution in [0.25, 0.3) is 0 Å². The highest BCUT2D eigenvalue weighted by atomic mass is 16.6. The summed E-state index contributed by atoms with van der Waals surface area (Å²) in [6, 6.07) is 0. The van der Waals surface area contributed by atoms with Gasteiger partial charge in [0, 0.05) is 28.9 Å². The number of rotatable bonds is 1. The average molecular weight is 244 g/mol. The quantitative estimate of drug-likeness (QED) is 0.433.